The third kappa shape index (κ3) is 7.32. The number of hydrogen-bond acceptors (Lipinski definition) is 2. The molecule has 1 aromatic rings. The second-order valence-electron chi connectivity index (χ2n) is 5.54. The van der Waals surface area contributed by atoms with Crippen LogP contribution in [0.4, 0.5) is 5.69 Å². The van der Waals surface area contributed by atoms with E-state index in [4.69, 9.17) is 0 Å². The van der Waals surface area contributed by atoms with Crippen LogP contribution in [0.5, 0.6) is 0 Å². The van der Waals surface area contributed by atoms with Gasteiger partial charge in [-0.25, -0.2) is 0 Å². The Morgan fingerprint density at radius 3 is 2.00 bits per heavy atom. The van der Waals surface area contributed by atoms with Crippen molar-refractivity contribution in [1.29, 1.82) is 0 Å². The van der Waals surface area contributed by atoms with Crippen LogP contribution in [-0.4, -0.2) is 12.3 Å². The molecule has 0 unspecified atom stereocenters. The number of unbranched alkanes of at least 4 members (excludes halogenated alkanes) is 7. The first kappa shape index (κ1) is 16.7. The summed E-state index contributed by atoms with van der Waals surface area (Å²) in [4.78, 5) is 11.2. The number of ketones is 1. The molecule has 0 spiro atoms. The van der Waals surface area contributed by atoms with Crippen LogP contribution in [0.25, 0.3) is 0 Å². The highest BCUT2D eigenvalue weighted by Crippen LogP contribution is 2.11. The lowest BCUT2D eigenvalue weighted by Gasteiger charge is -2.07. The van der Waals surface area contributed by atoms with Crippen LogP contribution in [0, 0.1) is 0 Å². The second-order valence-corrected chi connectivity index (χ2v) is 5.54. The molecule has 0 aliphatic carbocycles. The molecule has 0 fully saturated rings. The lowest BCUT2D eigenvalue weighted by atomic mass is 10.1. The predicted octanol–water partition coefficient (Wildman–Crippen LogP) is 5.44. The summed E-state index contributed by atoms with van der Waals surface area (Å²) in [5.41, 5.74) is 1.89. The number of benzene rings is 1. The number of nitrogens with one attached hydrogen (secondary N) is 1. The molecule has 0 aromatic heterocycles. The fourth-order valence-electron chi connectivity index (χ4n) is 2.31. The van der Waals surface area contributed by atoms with E-state index in [1.807, 2.05) is 24.3 Å². The average molecular weight is 275 g/mol. The zero-order valence-corrected chi connectivity index (χ0v) is 13.1. The number of rotatable bonds is 11. The summed E-state index contributed by atoms with van der Waals surface area (Å²) in [6, 6.07) is 7.75. The van der Waals surface area contributed by atoms with Gasteiger partial charge >= 0.3 is 0 Å². The van der Waals surface area contributed by atoms with Crippen LogP contribution in [0.15, 0.2) is 24.3 Å². The molecule has 0 aliphatic heterocycles. The quantitative estimate of drug-likeness (QED) is 0.430. The van der Waals surface area contributed by atoms with E-state index < -0.39 is 0 Å². The van der Waals surface area contributed by atoms with Gasteiger partial charge in [0, 0.05) is 17.8 Å². The maximum Gasteiger partial charge on any atom is 0.159 e. The first-order valence-electron chi connectivity index (χ1n) is 8.09. The Labute approximate surface area is 124 Å². The van der Waals surface area contributed by atoms with Crippen molar-refractivity contribution in [2.24, 2.45) is 0 Å². The van der Waals surface area contributed by atoms with Crippen molar-refractivity contribution in [3.63, 3.8) is 0 Å². The first-order valence-corrected chi connectivity index (χ1v) is 8.09. The molecule has 0 saturated carbocycles. The molecule has 0 bridgehead atoms. The molecule has 0 radical (unpaired) electrons. The summed E-state index contributed by atoms with van der Waals surface area (Å²) in [6.07, 6.45) is 10.8. The summed E-state index contributed by atoms with van der Waals surface area (Å²) in [7, 11) is 0. The monoisotopic (exact) mass is 275 g/mol. The Balaban J connectivity index is 2.02. The fourth-order valence-corrected chi connectivity index (χ4v) is 2.31. The molecule has 0 atom stereocenters. The molecule has 1 rings (SSSR count). The highest BCUT2D eigenvalue weighted by Gasteiger charge is 1.98. The maximum atomic E-state index is 11.2. The minimum Gasteiger partial charge on any atom is -0.385 e. The average Bonchev–Trinajstić information content (AvgIpc) is 2.46. The Bertz CT molecular complexity index is 370. The SMILES string of the molecule is CCCCCCCCCCNc1ccc(C(C)=O)cc1. The van der Waals surface area contributed by atoms with Crippen molar-refractivity contribution in [1.82, 2.24) is 0 Å². The normalized spacial score (nSPS) is 10.5. The van der Waals surface area contributed by atoms with Gasteiger partial charge in [-0.15, -0.1) is 0 Å². The summed E-state index contributed by atoms with van der Waals surface area (Å²) in [5.74, 6) is 0.125. The topological polar surface area (TPSA) is 29.1 Å². The standard InChI is InChI=1S/C18H29NO/c1-3-4-5-6-7-8-9-10-15-19-18-13-11-17(12-14-18)16(2)20/h11-14,19H,3-10,15H2,1-2H3. The van der Waals surface area contributed by atoms with Crippen molar-refractivity contribution < 1.29 is 4.79 Å². The molecule has 0 amide bonds. The third-order valence-electron chi connectivity index (χ3n) is 3.65. The van der Waals surface area contributed by atoms with E-state index in [1.54, 1.807) is 6.92 Å². The van der Waals surface area contributed by atoms with E-state index >= 15 is 0 Å². The van der Waals surface area contributed by atoms with Crippen molar-refractivity contribution in [2.75, 3.05) is 11.9 Å². The van der Waals surface area contributed by atoms with E-state index in [0.717, 1.165) is 17.8 Å². The van der Waals surface area contributed by atoms with Gasteiger partial charge in [0.15, 0.2) is 5.78 Å². The summed E-state index contributed by atoms with van der Waals surface area (Å²) >= 11 is 0. The van der Waals surface area contributed by atoms with Crippen LogP contribution in [-0.2, 0) is 0 Å². The van der Waals surface area contributed by atoms with Gasteiger partial charge in [-0.05, 0) is 37.6 Å². The smallest absolute Gasteiger partial charge is 0.159 e. The van der Waals surface area contributed by atoms with Gasteiger partial charge in [-0.3, -0.25) is 4.79 Å². The van der Waals surface area contributed by atoms with Crippen LogP contribution in [0.3, 0.4) is 0 Å². The summed E-state index contributed by atoms with van der Waals surface area (Å²) in [5, 5.41) is 3.41. The Morgan fingerprint density at radius 2 is 1.45 bits per heavy atom. The Hall–Kier alpha value is -1.31. The van der Waals surface area contributed by atoms with Crippen LogP contribution in [0.2, 0.25) is 0 Å². The molecule has 0 saturated heterocycles. The van der Waals surface area contributed by atoms with Gasteiger partial charge in [0.25, 0.3) is 0 Å². The highest BCUT2D eigenvalue weighted by atomic mass is 16.1. The molecule has 1 N–H and O–H groups in total. The summed E-state index contributed by atoms with van der Waals surface area (Å²) in [6.45, 7) is 4.88. The number of carbonyl (C=O) groups is 1. The number of hydrogen-bond donors (Lipinski definition) is 1. The second kappa shape index (κ2) is 10.5. The van der Waals surface area contributed by atoms with E-state index in [9.17, 15) is 4.79 Å². The van der Waals surface area contributed by atoms with Gasteiger partial charge in [-0.1, -0.05) is 51.9 Å². The molecule has 0 heterocycles. The lowest BCUT2D eigenvalue weighted by molar-refractivity contribution is 0.101. The largest absolute Gasteiger partial charge is 0.385 e. The van der Waals surface area contributed by atoms with E-state index in [0.29, 0.717) is 0 Å². The first-order chi connectivity index (χ1) is 9.74. The molecule has 20 heavy (non-hydrogen) atoms. The summed E-state index contributed by atoms with van der Waals surface area (Å²) < 4.78 is 0. The van der Waals surface area contributed by atoms with Gasteiger partial charge in [-0.2, -0.15) is 0 Å². The van der Waals surface area contributed by atoms with Gasteiger partial charge in [0.1, 0.15) is 0 Å². The third-order valence-corrected chi connectivity index (χ3v) is 3.65. The molecule has 2 heteroatoms. The van der Waals surface area contributed by atoms with Gasteiger partial charge in [0.2, 0.25) is 0 Å². The van der Waals surface area contributed by atoms with Crippen molar-refractivity contribution in [2.45, 2.75) is 65.2 Å². The van der Waals surface area contributed by atoms with Crippen molar-refractivity contribution in [3.05, 3.63) is 29.8 Å². The predicted molar refractivity (Wildman–Crippen MR) is 87.5 cm³/mol. The molecular formula is C18H29NO. The van der Waals surface area contributed by atoms with Gasteiger partial charge < -0.3 is 5.32 Å². The van der Waals surface area contributed by atoms with E-state index in [-0.39, 0.29) is 5.78 Å². The molecule has 2 nitrogen and oxygen atoms in total. The zero-order valence-electron chi connectivity index (χ0n) is 13.1. The van der Waals surface area contributed by atoms with Crippen molar-refractivity contribution in [3.8, 4) is 0 Å². The Morgan fingerprint density at radius 1 is 0.900 bits per heavy atom. The van der Waals surface area contributed by atoms with Crippen LogP contribution >= 0.6 is 0 Å². The Kier molecular flexibility index (Phi) is 8.77. The molecular weight excluding hydrogens is 246 g/mol. The van der Waals surface area contributed by atoms with Crippen molar-refractivity contribution >= 4 is 11.5 Å². The van der Waals surface area contributed by atoms with E-state index in [2.05, 4.69) is 12.2 Å². The minimum absolute atomic E-state index is 0.125. The number of anilines is 1. The molecule has 0 aliphatic rings. The zero-order chi connectivity index (χ0) is 14.6. The highest BCUT2D eigenvalue weighted by molar-refractivity contribution is 5.94. The minimum atomic E-state index is 0.125. The van der Waals surface area contributed by atoms with Crippen LogP contribution < -0.4 is 5.32 Å². The number of carbonyl (C=O) groups excluding carboxylic acids is 1. The maximum absolute atomic E-state index is 11.2. The van der Waals surface area contributed by atoms with Gasteiger partial charge in [0.05, 0.1) is 0 Å². The molecule has 1 aromatic carbocycles. The van der Waals surface area contributed by atoms with Crippen LogP contribution in [0.1, 0.15) is 75.6 Å². The lowest BCUT2D eigenvalue weighted by Crippen LogP contribution is -2.01. The van der Waals surface area contributed by atoms with E-state index in [1.165, 1.54) is 51.4 Å². The fraction of sp³-hybridized carbons (Fsp3) is 0.611. The molecule has 112 valence electrons. The number of Topliss-reactive ketones (excluding diaryl/α,β-unsaturated/α-hetero) is 1.